The first-order valence-electron chi connectivity index (χ1n) is 19.2. The predicted octanol–water partition coefficient (Wildman–Crippen LogP) is 13.1. The second-order valence-electron chi connectivity index (χ2n) is 15.2. The van der Waals surface area contributed by atoms with Gasteiger partial charge in [0, 0.05) is 5.41 Å². The highest BCUT2D eigenvalue weighted by Gasteiger charge is 2.37. The van der Waals surface area contributed by atoms with Gasteiger partial charge < -0.3 is 5.73 Å². The molecule has 55 heavy (non-hydrogen) atoms. The van der Waals surface area contributed by atoms with Crippen molar-refractivity contribution in [2.45, 2.75) is 31.5 Å². The molecule has 0 aromatic heterocycles. The quantitative estimate of drug-likeness (QED) is 0.147. The van der Waals surface area contributed by atoms with Gasteiger partial charge in [-0.15, -0.1) is 0 Å². The Labute approximate surface area is 324 Å². The van der Waals surface area contributed by atoms with Crippen molar-refractivity contribution >= 4 is 16.8 Å². The van der Waals surface area contributed by atoms with Crippen LogP contribution in [0.15, 0.2) is 194 Å². The summed E-state index contributed by atoms with van der Waals surface area (Å²) in [7, 11) is 0. The van der Waals surface area contributed by atoms with Gasteiger partial charge in [0.25, 0.3) is 0 Å². The van der Waals surface area contributed by atoms with Crippen molar-refractivity contribution in [1.82, 2.24) is 5.32 Å². The summed E-state index contributed by atoms with van der Waals surface area (Å²) in [5, 5.41) is 6.33. The van der Waals surface area contributed by atoms with E-state index in [1.54, 1.807) is 0 Å². The normalized spacial score (nSPS) is 14.1. The molecule has 8 aromatic carbocycles. The number of hydrogen-bond donors (Lipinski definition) is 2. The van der Waals surface area contributed by atoms with Crippen LogP contribution in [0.5, 0.6) is 0 Å². The molecule has 0 spiro atoms. The highest BCUT2D eigenvalue weighted by Crippen LogP contribution is 2.53. The highest BCUT2D eigenvalue weighted by molar-refractivity contribution is 5.98. The van der Waals surface area contributed by atoms with Gasteiger partial charge in [-0.1, -0.05) is 190 Å². The number of fused-ring (bicyclic) bond motifs is 4. The molecule has 0 aliphatic heterocycles. The number of nitrogens with two attached hydrogens (primary N) is 1. The molecule has 1 aliphatic carbocycles. The SMILES string of the molecule is CC1(C)c2cc3ccccc3cc2-c2c(-c3cccc(/C=C/C(NC(N)c4ccccc4)c4ccc(-c5ccccc5)c(-c5ccccc5)c4)c3)cccc21. The average Bonchev–Trinajstić information content (AvgIpc) is 3.47. The second kappa shape index (κ2) is 14.5. The van der Waals surface area contributed by atoms with Crippen LogP contribution < -0.4 is 11.1 Å². The summed E-state index contributed by atoms with van der Waals surface area (Å²) in [5.74, 6) is 0. The molecule has 9 rings (SSSR count). The van der Waals surface area contributed by atoms with E-state index in [-0.39, 0.29) is 17.6 Å². The predicted molar refractivity (Wildman–Crippen MR) is 233 cm³/mol. The lowest BCUT2D eigenvalue weighted by Crippen LogP contribution is -2.31. The standard InChI is InChI=1S/C53H44N2/c1-53(2)48-27-15-26-45(51(48)47-33-40-23-12-13-24-41(40)35-49(47)53)42-25-14-16-36(32-42)28-31-50(55-52(54)39-21-10-5-11-22-39)43-29-30-44(37-17-6-3-7-18-37)46(34-43)38-19-8-4-9-20-38/h3-35,50,52,55H,54H2,1-2H3/b31-28+. The van der Waals surface area contributed by atoms with Gasteiger partial charge in [0.05, 0.1) is 12.2 Å². The lowest BCUT2D eigenvalue weighted by atomic mass is 9.81. The lowest BCUT2D eigenvalue weighted by molar-refractivity contribution is 0.509. The fourth-order valence-electron chi connectivity index (χ4n) is 8.42. The molecule has 1 aliphatic rings. The Morgan fingerprint density at radius 2 is 1.09 bits per heavy atom. The Balaban J connectivity index is 1.12. The molecule has 266 valence electrons. The first kappa shape index (κ1) is 34.4. The van der Waals surface area contributed by atoms with E-state index in [2.05, 4.69) is 201 Å². The third-order valence-corrected chi connectivity index (χ3v) is 11.3. The number of hydrogen-bond acceptors (Lipinski definition) is 2. The molecule has 0 radical (unpaired) electrons. The molecule has 0 fully saturated rings. The summed E-state index contributed by atoms with van der Waals surface area (Å²) in [5.41, 5.74) is 22.8. The molecule has 3 N–H and O–H groups in total. The largest absolute Gasteiger partial charge is 0.312 e. The lowest BCUT2D eigenvalue weighted by Gasteiger charge is -2.23. The van der Waals surface area contributed by atoms with Gasteiger partial charge >= 0.3 is 0 Å². The Morgan fingerprint density at radius 1 is 0.473 bits per heavy atom. The van der Waals surface area contributed by atoms with Crippen LogP contribution in [0.2, 0.25) is 0 Å². The molecule has 2 nitrogen and oxygen atoms in total. The van der Waals surface area contributed by atoms with Crippen LogP contribution in [0.3, 0.4) is 0 Å². The monoisotopic (exact) mass is 708 g/mol. The van der Waals surface area contributed by atoms with Crippen LogP contribution in [-0.2, 0) is 5.41 Å². The number of nitrogens with one attached hydrogen (secondary N) is 1. The van der Waals surface area contributed by atoms with E-state index >= 15 is 0 Å². The van der Waals surface area contributed by atoms with E-state index < -0.39 is 0 Å². The average molecular weight is 709 g/mol. The zero-order valence-corrected chi connectivity index (χ0v) is 31.3. The summed E-state index contributed by atoms with van der Waals surface area (Å²) in [6.45, 7) is 4.72. The van der Waals surface area contributed by atoms with E-state index in [0.29, 0.717) is 0 Å². The van der Waals surface area contributed by atoms with Crippen molar-refractivity contribution in [2.24, 2.45) is 5.73 Å². The third-order valence-electron chi connectivity index (χ3n) is 11.3. The van der Waals surface area contributed by atoms with Gasteiger partial charge in [-0.05, 0) is 107 Å². The van der Waals surface area contributed by atoms with Gasteiger partial charge in [0.15, 0.2) is 0 Å². The first-order valence-corrected chi connectivity index (χ1v) is 19.2. The molecule has 2 heteroatoms. The minimum atomic E-state index is -0.359. The van der Waals surface area contributed by atoms with E-state index in [1.165, 1.54) is 66.4 Å². The van der Waals surface area contributed by atoms with E-state index in [4.69, 9.17) is 5.73 Å². The summed E-state index contributed by atoms with van der Waals surface area (Å²) in [6, 6.07) is 67.5. The smallest absolute Gasteiger partial charge is 0.0817 e. The molecular formula is C53H44N2. The van der Waals surface area contributed by atoms with Crippen LogP contribution in [0.1, 0.15) is 53.9 Å². The van der Waals surface area contributed by atoms with Gasteiger partial charge in [0.2, 0.25) is 0 Å². The van der Waals surface area contributed by atoms with Gasteiger partial charge in [0.1, 0.15) is 0 Å². The molecule has 0 saturated carbocycles. The van der Waals surface area contributed by atoms with Crippen molar-refractivity contribution in [3.05, 3.63) is 222 Å². The van der Waals surface area contributed by atoms with Gasteiger partial charge in [-0.25, -0.2) is 0 Å². The van der Waals surface area contributed by atoms with Crippen LogP contribution in [0.25, 0.3) is 61.4 Å². The highest BCUT2D eigenvalue weighted by atomic mass is 15.0. The zero-order valence-electron chi connectivity index (χ0n) is 31.3. The van der Waals surface area contributed by atoms with E-state index in [0.717, 1.165) is 16.7 Å². The van der Waals surface area contributed by atoms with Crippen LogP contribution in [0, 0.1) is 0 Å². The molecule has 0 heterocycles. The van der Waals surface area contributed by atoms with Crippen molar-refractivity contribution in [1.29, 1.82) is 0 Å². The van der Waals surface area contributed by atoms with Gasteiger partial charge in [-0.3, -0.25) is 5.32 Å². The summed E-state index contributed by atoms with van der Waals surface area (Å²) < 4.78 is 0. The van der Waals surface area contributed by atoms with Crippen molar-refractivity contribution in [3.8, 4) is 44.5 Å². The minimum absolute atomic E-state index is 0.0900. The molecular weight excluding hydrogens is 665 g/mol. The first-order chi connectivity index (χ1) is 26.9. The fourth-order valence-corrected chi connectivity index (χ4v) is 8.42. The zero-order chi connectivity index (χ0) is 37.4. The molecule has 0 saturated heterocycles. The Morgan fingerprint density at radius 3 is 1.82 bits per heavy atom. The van der Waals surface area contributed by atoms with Crippen LogP contribution in [0.4, 0.5) is 0 Å². The van der Waals surface area contributed by atoms with Crippen LogP contribution in [-0.4, -0.2) is 0 Å². The Kier molecular flexibility index (Phi) is 9.07. The van der Waals surface area contributed by atoms with Crippen LogP contribution >= 0.6 is 0 Å². The Bertz CT molecular complexity index is 2660. The maximum absolute atomic E-state index is 6.87. The number of benzene rings is 8. The Hall–Kier alpha value is -6.32. The minimum Gasteiger partial charge on any atom is -0.312 e. The summed E-state index contributed by atoms with van der Waals surface area (Å²) >= 11 is 0. The van der Waals surface area contributed by atoms with E-state index in [9.17, 15) is 0 Å². The molecule has 0 amide bonds. The molecule has 8 aromatic rings. The van der Waals surface area contributed by atoms with Gasteiger partial charge in [-0.2, -0.15) is 0 Å². The summed E-state index contributed by atoms with van der Waals surface area (Å²) in [6.07, 6.45) is 4.14. The number of rotatable bonds is 9. The molecule has 0 bridgehead atoms. The van der Waals surface area contributed by atoms with Crippen molar-refractivity contribution in [3.63, 3.8) is 0 Å². The molecule has 2 atom stereocenters. The van der Waals surface area contributed by atoms with Crippen molar-refractivity contribution < 1.29 is 0 Å². The topological polar surface area (TPSA) is 38.0 Å². The maximum Gasteiger partial charge on any atom is 0.0817 e. The van der Waals surface area contributed by atoms with E-state index in [1.807, 2.05) is 18.2 Å². The summed E-state index contributed by atoms with van der Waals surface area (Å²) in [4.78, 5) is 0. The fraction of sp³-hybridized carbons (Fsp3) is 0.0943. The van der Waals surface area contributed by atoms with Crippen molar-refractivity contribution in [2.75, 3.05) is 0 Å². The second-order valence-corrected chi connectivity index (χ2v) is 15.2. The maximum atomic E-state index is 6.87. The molecule has 2 unspecified atom stereocenters. The third kappa shape index (κ3) is 6.61.